The number of benzene rings is 1. The van der Waals surface area contributed by atoms with E-state index in [4.69, 9.17) is 16.7 Å². The molecular weight excluding hydrogens is 286 g/mol. The summed E-state index contributed by atoms with van der Waals surface area (Å²) in [7, 11) is 0. The zero-order chi connectivity index (χ0) is 15.2. The first-order valence-corrected chi connectivity index (χ1v) is 8.12. The monoisotopic (exact) mass is 309 g/mol. The Kier molecular flexibility index (Phi) is 6.07. The van der Waals surface area contributed by atoms with Crippen molar-refractivity contribution >= 4 is 17.5 Å². The lowest BCUT2D eigenvalue weighted by atomic mass is 9.86. The number of hydrogen-bond acceptors (Lipinski definition) is 2. The van der Waals surface area contributed by atoms with Crippen LogP contribution in [0.4, 0.5) is 0 Å². The van der Waals surface area contributed by atoms with Crippen molar-refractivity contribution in [3.8, 4) is 0 Å². The van der Waals surface area contributed by atoms with Crippen LogP contribution >= 0.6 is 11.6 Å². The van der Waals surface area contributed by atoms with Crippen LogP contribution in [0.3, 0.4) is 0 Å². The van der Waals surface area contributed by atoms with Crippen molar-refractivity contribution < 1.29 is 9.90 Å². The summed E-state index contributed by atoms with van der Waals surface area (Å²) < 4.78 is 0. The molecule has 1 aliphatic carbocycles. The van der Waals surface area contributed by atoms with E-state index in [0.29, 0.717) is 17.4 Å². The van der Waals surface area contributed by atoms with E-state index in [9.17, 15) is 4.79 Å². The second kappa shape index (κ2) is 7.81. The Morgan fingerprint density at radius 2 is 2.10 bits per heavy atom. The topological polar surface area (TPSA) is 49.3 Å². The third kappa shape index (κ3) is 5.01. The Morgan fingerprint density at radius 3 is 2.71 bits per heavy atom. The van der Waals surface area contributed by atoms with Crippen molar-refractivity contribution in [2.75, 3.05) is 6.61 Å². The molecule has 0 aromatic heterocycles. The zero-order valence-corrected chi connectivity index (χ0v) is 13.3. The van der Waals surface area contributed by atoms with Crippen molar-refractivity contribution in [3.63, 3.8) is 0 Å². The minimum absolute atomic E-state index is 0.0565. The number of aliphatic hydroxyl groups excluding tert-OH is 1. The summed E-state index contributed by atoms with van der Waals surface area (Å²) in [5, 5.41) is 13.0. The van der Waals surface area contributed by atoms with Gasteiger partial charge in [-0.3, -0.25) is 4.79 Å². The zero-order valence-electron chi connectivity index (χ0n) is 12.5. The van der Waals surface area contributed by atoms with Gasteiger partial charge in [-0.15, -0.1) is 0 Å². The van der Waals surface area contributed by atoms with Crippen LogP contribution in [-0.2, 0) is 11.2 Å². The van der Waals surface area contributed by atoms with E-state index in [-0.39, 0.29) is 24.5 Å². The first-order valence-electron chi connectivity index (χ1n) is 7.74. The molecule has 2 N–H and O–H groups in total. The van der Waals surface area contributed by atoms with Gasteiger partial charge in [-0.25, -0.2) is 0 Å². The number of carbonyl (C=O) groups excluding carboxylic acids is 1. The lowest BCUT2D eigenvalue weighted by Gasteiger charge is -2.28. The molecule has 1 aromatic rings. The van der Waals surface area contributed by atoms with Crippen LogP contribution in [0.1, 0.15) is 38.2 Å². The van der Waals surface area contributed by atoms with Gasteiger partial charge in [-0.2, -0.15) is 0 Å². The Balaban J connectivity index is 1.80. The standard InChI is InChI=1S/C17H24ClNO2/c1-12(9-14-3-2-4-15(18)10-14)17(21)19-16-7-5-13(11-20)6-8-16/h2-4,10,12-13,16,20H,5-9,11H2,1H3,(H,19,21). The number of aliphatic hydroxyl groups is 1. The van der Waals surface area contributed by atoms with Gasteiger partial charge in [0, 0.05) is 23.6 Å². The summed E-state index contributed by atoms with van der Waals surface area (Å²) >= 11 is 5.97. The maximum atomic E-state index is 12.3. The van der Waals surface area contributed by atoms with Crippen LogP contribution in [0, 0.1) is 11.8 Å². The Bertz CT molecular complexity index is 470. The van der Waals surface area contributed by atoms with Gasteiger partial charge in [0.05, 0.1) is 0 Å². The molecule has 116 valence electrons. The third-order valence-electron chi connectivity index (χ3n) is 4.33. The minimum Gasteiger partial charge on any atom is -0.396 e. The molecule has 1 fully saturated rings. The second-order valence-electron chi connectivity index (χ2n) is 6.14. The van der Waals surface area contributed by atoms with Crippen molar-refractivity contribution in [2.24, 2.45) is 11.8 Å². The van der Waals surface area contributed by atoms with Crippen LogP contribution in [0.15, 0.2) is 24.3 Å². The van der Waals surface area contributed by atoms with Crippen LogP contribution in [0.2, 0.25) is 5.02 Å². The molecule has 0 aliphatic heterocycles. The number of amides is 1. The molecule has 1 saturated carbocycles. The number of nitrogens with one attached hydrogen (secondary N) is 1. The van der Waals surface area contributed by atoms with Gasteiger partial charge < -0.3 is 10.4 Å². The van der Waals surface area contributed by atoms with Crippen molar-refractivity contribution in [1.82, 2.24) is 5.32 Å². The molecule has 0 bridgehead atoms. The van der Waals surface area contributed by atoms with Crippen LogP contribution < -0.4 is 5.32 Å². The molecule has 1 atom stereocenters. The SMILES string of the molecule is CC(Cc1cccc(Cl)c1)C(=O)NC1CCC(CO)CC1. The average Bonchev–Trinajstić information content (AvgIpc) is 2.48. The molecule has 0 saturated heterocycles. The lowest BCUT2D eigenvalue weighted by molar-refractivity contribution is -0.125. The Morgan fingerprint density at radius 1 is 1.38 bits per heavy atom. The highest BCUT2D eigenvalue weighted by molar-refractivity contribution is 6.30. The number of halogens is 1. The molecule has 0 spiro atoms. The summed E-state index contributed by atoms with van der Waals surface area (Å²) in [5.74, 6) is 0.475. The van der Waals surface area contributed by atoms with E-state index in [2.05, 4.69) is 5.32 Å². The first kappa shape index (κ1) is 16.3. The van der Waals surface area contributed by atoms with Gasteiger partial charge in [-0.1, -0.05) is 30.7 Å². The van der Waals surface area contributed by atoms with Crippen LogP contribution in [-0.4, -0.2) is 23.7 Å². The summed E-state index contributed by atoms with van der Waals surface area (Å²) in [4.78, 5) is 12.3. The first-order chi connectivity index (χ1) is 10.1. The maximum Gasteiger partial charge on any atom is 0.223 e. The largest absolute Gasteiger partial charge is 0.396 e. The highest BCUT2D eigenvalue weighted by Crippen LogP contribution is 2.24. The molecule has 0 heterocycles. The molecule has 1 amide bonds. The number of rotatable bonds is 5. The van der Waals surface area contributed by atoms with Gasteiger partial charge in [0.1, 0.15) is 0 Å². The smallest absolute Gasteiger partial charge is 0.223 e. The van der Waals surface area contributed by atoms with E-state index in [1.165, 1.54) is 0 Å². The second-order valence-corrected chi connectivity index (χ2v) is 6.58. The predicted molar refractivity (Wildman–Crippen MR) is 85.3 cm³/mol. The molecule has 3 nitrogen and oxygen atoms in total. The average molecular weight is 310 g/mol. The van der Waals surface area contributed by atoms with Gasteiger partial charge in [0.25, 0.3) is 0 Å². The molecule has 2 rings (SSSR count). The molecule has 1 aromatic carbocycles. The normalized spacial score (nSPS) is 23.6. The number of carbonyl (C=O) groups is 1. The van der Waals surface area contributed by atoms with E-state index < -0.39 is 0 Å². The quantitative estimate of drug-likeness (QED) is 0.877. The number of hydrogen-bond donors (Lipinski definition) is 2. The van der Waals surface area contributed by atoms with E-state index in [1.54, 1.807) is 0 Å². The highest BCUT2D eigenvalue weighted by Gasteiger charge is 2.23. The molecule has 4 heteroatoms. The van der Waals surface area contributed by atoms with Crippen LogP contribution in [0.5, 0.6) is 0 Å². The van der Waals surface area contributed by atoms with Crippen LogP contribution in [0.25, 0.3) is 0 Å². The Hall–Kier alpha value is -1.06. The fourth-order valence-corrected chi connectivity index (χ4v) is 3.16. The van der Waals surface area contributed by atoms with Gasteiger partial charge in [0.2, 0.25) is 5.91 Å². The van der Waals surface area contributed by atoms with Crippen molar-refractivity contribution in [3.05, 3.63) is 34.9 Å². The maximum absolute atomic E-state index is 12.3. The molecular formula is C17H24ClNO2. The summed E-state index contributed by atoms with van der Waals surface area (Å²) in [6.45, 7) is 2.22. The minimum atomic E-state index is -0.0565. The predicted octanol–water partition coefficient (Wildman–Crippen LogP) is 3.19. The molecule has 1 aliphatic rings. The Labute approximate surface area is 131 Å². The molecule has 1 unspecified atom stereocenters. The van der Waals surface area contributed by atoms with Crippen molar-refractivity contribution in [1.29, 1.82) is 0 Å². The van der Waals surface area contributed by atoms with E-state index >= 15 is 0 Å². The van der Waals surface area contributed by atoms with Gasteiger partial charge >= 0.3 is 0 Å². The highest BCUT2D eigenvalue weighted by atomic mass is 35.5. The molecule has 21 heavy (non-hydrogen) atoms. The third-order valence-corrected chi connectivity index (χ3v) is 4.56. The van der Waals surface area contributed by atoms with Crippen molar-refractivity contribution in [2.45, 2.75) is 45.1 Å². The van der Waals surface area contributed by atoms with Gasteiger partial charge in [0.15, 0.2) is 0 Å². The summed E-state index contributed by atoms with van der Waals surface area (Å²) in [5.41, 5.74) is 1.09. The van der Waals surface area contributed by atoms with E-state index in [0.717, 1.165) is 31.2 Å². The fourth-order valence-electron chi connectivity index (χ4n) is 2.94. The summed E-state index contributed by atoms with van der Waals surface area (Å²) in [6.07, 6.45) is 4.66. The lowest BCUT2D eigenvalue weighted by Crippen LogP contribution is -2.41. The fraction of sp³-hybridized carbons (Fsp3) is 0.588. The molecule has 0 radical (unpaired) electrons. The van der Waals surface area contributed by atoms with E-state index in [1.807, 2.05) is 31.2 Å². The van der Waals surface area contributed by atoms with Gasteiger partial charge in [-0.05, 0) is 55.7 Å². The summed E-state index contributed by atoms with van der Waals surface area (Å²) in [6, 6.07) is 7.94.